The lowest BCUT2D eigenvalue weighted by Gasteiger charge is -2.30. The molecule has 0 saturated carbocycles. The summed E-state index contributed by atoms with van der Waals surface area (Å²) in [6.07, 6.45) is 1.19. The number of allylic oxidation sites excluding steroid dienone is 1. The summed E-state index contributed by atoms with van der Waals surface area (Å²) in [5, 5.41) is 9.96. The van der Waals surface area contributed by atoms with Crippen LogP contribution < -0.4 is 20.7 Å². The van der Waals surface area contributed by atoms with E-state index in [1.807, 2.05) is 72.8 Å². The molecule has 2 aliphatic rings. The number of carbonyl (C=O) groups is 2. The maximum atomic E-state index is 13.6. The molecule has 2 atom stereocenters. The average molecular weight is 454 g/mol. The number of methoxy groups -OCH3 is 1. The second kappa shape index (κ2) is 9.06. The minimum absolute atomic E-state index is 0.0951. The lowest BCUT2D eigenvalue weighted by molar-refractivity contribution is -0.116. The van der Waals surface area contributed by atoms with Gasteiger partial charge in [0, 0.05) is 30.3 Å². The molecule has 0 radical (unpaired) electrons. The molecule has 1 amide bonds. The van der Waals surface area contributed by atoms with E-state index in [1.54, 1.807) is 7.11 Å². The number of anilines is 3. The van der Waals surface area contributed by atoms with Crippen molar-refractivity contribution in [2.75, 3.05) is 23.1 Å². The van der Waals surface area contributed by atoms with Gasteiger partial charge in [0.25, 0.3) is 0 Å². The largest absolute Gasteiger partial charge is 0.497 e. The quantitative estimate of drug-likeness (QED) is 0.477. The highest BCUT2D eigenvalue weighted by Crippen LogP contribution is 2.44. The number of nitrogens with one attached hydrogen (secondary N) is 3. The summed E-state index contributed by atoms with van der Waals surface area (Å²) in [5.74, 6) is 0.915. The molecular weight excluding hydrogens is 426 g/mol. The van der Waals surface area contributed by atoms with Gasteiger partial charge in [-0.25, -0.2) is 0 Å². The van der Waals surface area contributed by atoms with Gasteiger partial charge in [-0.3, -0.25) is 9.59 Å². The van der Waals surface area contributed by atoms with E-state index >= 15 is 0 Å². The number of Topliss-reactive ketones (excluding diaryl/α,β-unsaturated/α-hetero) is 1. The lowest BCUT2D eigenvalue weighted by atomic mass is 9.78. The van der Waals surface area contributed by atoms with Crippen LogP contribution in [0.2, 0.25) is 0 Å². The molecule has 3 aromatic rings. The summed E-state index contributed by atoms with van der Waals surface area (Å²) in [4.78, 5) is 25.0. The van der Waals surface area contributed by atoms with Crippen molar-refractivity contribution in [2.45, 2.75) is 31.7 Å². The normalized spacial score (nSPS) is 19.2. The Bertz CT molecular complexity index is 1260. The monoisotopic (exact) mass is 453 g/mol. The zero-order chi connectivity index (χ0) is 23.7. The third-order valence-corrected chi connectivity index (χ3v) is 6.46. The van der Waals surface area contributed by atoms with E-state index in [-0.39, 0.29) is 23.7 Å². The molecule has 3 N–H and O–H groups in total. The molecule has 6 nitrogen and oxygen atoms in total. The SMILES string of the molecule is COc1ccc([C@H]2CC(=O)C3=C(C2)Nc2ccccc2N[C@H]3c2ccc(NC(C)=O)cc2)cc1. The molecule has 1 heterocycles. The van der Waals surface area contributed by atoms with Crippen LogP contribution in [0.5, 0.6) is 5.75 Å². The topological polar surface area (TPSA) is 79.5 Å². The van der Waals surface area contributed by atoms with Crippen molar-refractivity contribution in [1.82, 2.24) is 0 Å². The Balaban J connectivity index is 1.53. The zero-order valence-electron chi connectivity index (χ0n) is 19.2. The van der Waals surface area contributed by atoms with Gasteiger partial charge in [-0.05, 0) is 59.9 Å². The molecule has 3 aromatic carbocycles. The van der Waals surface area contributed by atoms with Crippen LogP contribution in [0.25, 0.3) is 0 Å². The first kappa shape index (κ1) is 21.8. The first-order chi connectivity index (χ1) is 16.5. The van der Waals surface area contributed by atoms with Crippen molar-refractivity contribution in [2.24, 2.45) is 0 Å². The van der Waals surface area contributed by atoms with E-state index in [4.69, 9.17) is 4.74 Å². The van der Waals surface area contributed by atoms with Gasteiger partial charge in [0.2, 0.25) is 5.91 Å². The first-order valence-electron chi connectivity index (χ1n) is 11.4. The van der Waals surface area contributed by atoms with Crippen LogP contribution in [0.15, 0.2) is 84.1 Å². The number of para-hydroxylation sites is 2. The Kier molecular flexibility index (Phi) is 5.80. The van der Waals surface area contributed by atoms with E-state index in [0.717, 1.165) is 51.6 Å². The summed E-state index contributed by atoms with van der Waals surface area (Å²) in [7, 11) is 1.65. The fourth-order valence-corrected chi connectivity index (χ4v) is 4.82. The van der Waals surface area contributed by atoms with Crippen molar-refractivity contribution in [3.8, 4) is 5.75 Å². The third kappa shape index (κ3) is 4.27. The molecule has 0 saturated heterocycles. The number of rotatable bonds is 4. The van der Waals surface area contributed by atoms with Gasteiger partial charge < -0.3 is 20.7 Å². The minimum atomic E-state index is -0.290. The molecule has 0 unspecified atom stereocenters. The number of hydrogen-bond acceptors (Lipinski definition) is 5. The van der Waals surface area contributed by atoms with Crippen molar-refractivity contribution in [3.63, 3.8) is 0 Å². The number of carbonyl (C=O) groups excluding carboxylic acids is 2. The van der Waals surface area contributed by atoms with Gasteiger partial charge in [0.1, 0.15) is 5.75 Å². The molecule has 6 heteroatoms. The van der Waals surface area contributed by atoms with Gasteiger partial charge in [-0.15, -0.1) is 0 Å². The van der Waals surface area contributed by atoms with Crippen LogP contribution in [0.4, 0.5) is 17.1 Å². The number of ether oxygens (including phenoxy) is 1. The van der Waals surface area contributed by atoms with Crippen LogP contribution in [0, 0.1) is 0 Å². The average Bonchev–Trinajstić information content (AvgIpc) is 3.01. The van der Waals surface area contributed by atoms with Crippen molar-refractivity contribution in [1.29, 1.82) is 0 Å². The number of benzene rings is 3. The number of hydrogen-bond donors (Lipinski definition) is 3. The lowest BCUT2D eigenvalue weighted by Crippen LogP contribution is -2.26. The number of ketones is 1. The van der Waals surface area contributed by atoms with E-state index < -0.39 is 0 Å². The molecule has 34 heavy (non-hydrogen) atoms. The highest BCUT2D eigenvalue weighted by molar-refractivity contribution is 6.01. The van der Waals surface area contributed by atoms with E-state index in [0.29, 0.717) is 6.42 Å². The molecule has 0 fully saturated rings. The van der Waals surface area contributed by atoms with Crippen molar-refractivity contribution >= 4 is 28.8 Å². The fourth-order valence-electron chi connectivity index (χ4n) is 4.82. The van der Waals surface area contributed by atoms with Crippen molar-refractivity contribution < 1.29 is 14.3 Å². The second-order valence-corrected chi connectivity index (χ2v) is 8.74. The molecule has 1 aliphatic heterocycles. The zero-order valence-corrected chi connectivity index (χ0v) is 19.2. The Morgan fingerprint density at radius 1 is 0.912 bits per heavy atom. The van der Waals surface area contributed by atoms with E-state index in [2.05, 4.69) is 16.0 Å². The van der Waals surface area contributed by atoms with Crippen LogP contribution in [0.3, 0.4) is 0 Å². The molecule has 172 valence electrons. The van der Waals surface area contributed by atoms with Crippen LogP contribution in [-0.2, 0) is 9.59 Å². The van der Waals surface area contributed by atoms with Crippen LogP contribution in [0.1, 0.15) is 42.9 Å². The summed E-state index contributed by atoms with van der Waals surface area (Å²) in [6, 6.07) is 23.4. The molecule has 0 spiro atoms. The summed E-state index contributed by atoms with van der Waals surface area (Å²) in [5.41, 5.74) is 6.45. The van der Waals surface area contributed by atoms with Gasteiger partial charge in [0.15, 0.2) is 5.78 Å². The summed E-state index contributed by atoms with van der Waals surface area (Å²) >= 11 is 0. The Morgan fingerprint density at radius 3 is 2.26 bits per heavy atom. The minimum Gasteiger partial charge on any atom is -0.497 e. The smallest absolute Gasteiger partial charge is 0.221 e. The van der Waals surface area contributed by atoms with Gasteiger partial charge >= 0.3 is 0 Å². The summed E-state index contributed by atoms with van der Waals surface area (Å²) in [6.45, 7) is 1.49. The maximum Gasteiger partial charge on any atom is 0.221 e. The van der Waals surface area contributed by atoms with Crippen LogP contribution >= 0.6 is 0 Å². The number of amides is 1. The Hall–Kier alpha value is -4.06. The first-order valence-corrected chi connectivity index (χ1v) is 11.4. The van der Waals surface area contributed by atoms with Gasteiger partial charge in [0.05, 0.1) is 24.5 Å². The van der Waals surface area contributed by atoms with E-state index in [1.165, 1.54) is 6.92 Å². The highest BCUT2D eigenvalue weighted by atomic mass is 16.5. The summed E-state index contributed by atoms with van der Waals surface area (Å²) < 4.78 is 5.29. The van der Waals surface area contributed by atoms with Gasteiger partial charge in [-0.1, -0.05) is 36.4 Å². The third-order valence-electron chi connectivity index (χ3n) is 6.46. The molecule has 0 aromatic heterocycles. The molecule has 1 aliphatic carbocycles. The Labute approximate surface area is 199 Å². The fraction of sp³-hybridized carbons (Fsp3) is 0.214. The second-order valence-electron chi connectivity index (χ2n) is 8.74. The van der Waals surface area contributed by atoms with E-state index in [9.17, 15) is 9.59 Å². The maximum absolute atomic E-state index is 13.6. The molecule has 0 bridgehead atoms. The highest BCUT2D eigenvalue weighted by Gasteiger charge is 2.36. The van der Waals surface area contributed by atoms with Gasteiger partial charge in [-0.2, -0.15) is 0 Å². The van der Waals surface area contributed by atoms with Crippen molar-refractivity contribution in [3.05, 3.63) is 95.2 Å². The molecule has 5 rings (SSSR count). The predicted octanol–water partition coefficient (Wildman–Crippen LogP) is 5.63. The van der Waals surface area contributed by atoms with Crippen LogP contribution in [-0.4, -0.2) is 18.8 Å². The molecular formula is C28H27N3O3. The Morgan fingerprint density at radius 2 is 1.59 bits per heavy atom. The predicted molar refractivity (Wildman–Crippen MR) is 134 cm³/mol. The standard InChI is InChI=1S/C28H27N3O3/c1-17(32)29-21-11-7-19(8-12-21)28-27-25(30-23-5-3-4-6-24(23)31-28)15-20(16-26(27)33)18-9-13-22(34-2)14-10-18/h3-14,20,28,30-31H,15-16H2,1-2H3,(H,29,32)/t20-,28+/m1/s1. The number of fused-ring (bicyclic) bond motifs is 1.